The Bertz CT molecular complexity index is 993. The number of amides is 1. The van der Waals surface area contributed by atoms with Crippen LogP contribution in [-0.4, -0.2) is 22.3 Å². The van der Waals surface area contributed by atoms with Crippen LogP contribution in [0.2, 0.25) is 10.0 Å². The molecule has 0 unspecified atom stereocenters. The molecule has 2 aromatic carbocycles. The van der Waals surface area contributed by atoms with Gasteiger partial charge in [0.2, 0.25) is 0 Å². The molecular weight excluding hydrogens is 431 g/mol. The highest BCUT2D eigenvalue weighted by molar-refractivity contribution is 8.27. The van der Waals surface area contributed by atoms with Crippen molar-refractivity contribution >= 4 is 74.9 Å². The molecule has 3 rings (SSSR count). The van der Waals surface area contributed by atoms with Crippen molar-refractivity contribution in [3.8, 4) is 5.75 Å². The first-order valence-corrected chi connectivity index (χ1v) is 9.35. The van der Waals surface area contributed by atoms with E-state index in [0.29, 0.717) is 26.2 Å². The smallest absolute Gasteiger partial charge is 0.288 e. The number of carbonyl (C=O) groups is 1. The van der Waals surface area contributed by atoms with Crippen molar-refractivity contribution in [3.05, 3.63) is 67.0 Å². The zero-order chi connectivity index (χ0) is 19.7. The number of rotatable bonds is 4. The summed E-state index contributed by atoms with van der Waals surface area (Å²) >= 11 is 18.4. The number of hydrogen-bond donors (Lipinski definition) is 0. The van der Waals surface area contributed by atoms with E-state index >= 15 is 0 Å². The molecule has 0 aliphatic carbocycles. The predicted octanol–water partition coefficient (Wildman–Crippen LogP) is 5.32. The highest BCUT2D eigenvalue weighted by Gasteiger charge is 2.33. The van der Waals surface area contributed by atoms with Gasteiger partial charge in [0.15, 0.2) is 4.32 Å². The first kappa shape index (κ1) is 19.6. The van der Waals surface area contributed by atoms with Crippen molar-refractivity contribution in [1.82, 2.24) is 0 Å². The van der Waals surface area contributed by atoms with Gasteiger partial charge in [-0.2, -0.15) is 0 Å². The minimum atomic E-state index is -0.613. The Labute approximate surface area is 173 Å². The number of benzene rings is 2. The molecule has 1 amide bonds. The number of anilines is 1. The highest BCUT2D eigenvalue weighted by Crippen LogP contribution is 2.38. The molecule has 1 aliphatic heterocycles. The third-order valence-corrected chi connectivity index (χ3v) is 5.61. The Morgan fingerprint density at radius 2 is 1.89 bits per heavy atom. The molecule has 0 aromatic heterocycles. The van der Waals surface area contributed by atoms with Crippen LogP contribution in [0, 0.1) is 10.1 Å². The van der Waals surface area contributed by atoms with Crippen LogP contribution in [-0.2, 0) is 4.79 Å². The first-order valence-electron chi connectivity index (χ1n) is 7.37. The number of nitro groups is 1. The molecule has 138 valence electrons. The Balaban J connectivity index is 1.97. The van der Waals surface area contributed by atoms with Gasteiger partial charge in [-0.3, -0.25) is 19.8 Å². The van der Waals surface area contributed by atoms with E-state index < -0.39 is 4.92 Å². The van der Waals surface area contributed by atoms with Crippen LogP contribution in [0.4, 0.5) is 11.4 Å². The zero-order valence-corrected chi connectivity index (χ0v) is 16.8. The van der Waals surface area contributed by atoms with E-state index in [1.54, 1.807) is 31.4 Å². The number of thiocarbonyl (C=S) groups is 1. The number of ether oxygens (including phenoxy) is 1. The number of halogens is 2. The van der Waals surface area contributed by atoms with Crippen LogP contribution >= 0.6 is 47.2 Å². The quantitative estimate of drug-likeness (QED) is 0.277. The molecule has 10 heteroatoms. The molecule has 1 heterocycles. The lowest BCUT2D eigenvalue weighted by atomic mass is 10.1. The normalized spacial score (nSPS) is 15.5. The van der Waals surface area contributed by atoms with E-state index in [1.165, 1.54) is 23.1 Å². The van der Waals surface area contributed by atoms with Crippen LogP contribution < -0.4 is 9.64 Å². The lowest BCUT2D eigenvalue weighted by Crippen LogP contribution is -2.27. The second-order valence-electron chi connectivity index (χ2n) is 5.30. The zero-order valence-electron chi connectivity index (χ0n) is 13.6. The minimum absolute atomic E-state index is 0.0760. The molecule has 1 saturated heterocycles. The maximum atomic E-state index is 12.8. The van der Waals surface area contributed by atoms with E-state index in [4.69, 9.17) is 40.2 Å². The Hall–Kier alpha value is -2.13. The maximum absolute atomic E-state index is 12.8. The molecule has 1 aliphatic rings. The molecule has 0 radical (unpaired) electrons. The standard InChI is InChI=1S/C17H10Cl2N2O4S2/c1-25-11-4-2-10(3-5-11)20-16(22)15(27-17(20)26)7-9-6-14(21(23)24)13(19)8-12(9)18/h2-8H,1H3/b15-7+. The minimum Gasteiger partial charge on any atom is -0.497 e. The summed E-state index contributed by atoms with van der Waals surface area (Å²) in [5.74, 6) is 0.309. The molecule has 0 atom stereocenters. The van der Waals surface area contributed by atoms with Gasteiger partial charge in [-0.1, -0.05) is 47.2 Å². The number of hydrogen-bond acceptors (Lipinski definition) is 6. The van der Waals surface area contributed by atoms with Crippen molar-refractivity contribution in [2.24, 2.45) is 0 Å². The molecular formula is C17H10Cl2N2O4S2. The predicted molar refractivity (Wildman–Crippen MR) is 112 cm³/mol. The number of methoxy groups -OCH3 is 1. The molecule has 6 nitrogen and oxygen atoms in total. The van der Waals surface area contributed by atoms with Crippen LogP contribution in [0.3, 0.4) is 0 Å². The number of nitrogens with zero attached hydrogens (tertiary/aromatic N) is 2. The average molecular weight is 441 g/mol. The SMILES string of the molecule is COc1ccc(N2C(=O)/C(=C\c3cc([N+](=O)[O-])c(Cl)cc3Cl)SC2=S)cc1. The van der Waals surface area contributed by atoms with Crippen LogP contribution in [0.1, 0.15) is 5.56 Å². The lowest BCUT2D eigenvalue weighted by Gasteiger charge is -2.14. The summed E-state index contributed by atoms with van der Waals surface area (Å²) in [5.41, 5.74) is 0.607. The average Bonchev–Trinajstić information content (AvgIpc) is 2.90. The van der Waals surface area contributed by atoms with E-state index in [1.807, 2.05) is 0 Å². The molecule has 2 aromatic rings. The largest absolute Gasteiger partial charge is 0.497 e. The van der Waals surface area contributed by atoms with Gasteiger partial charge in [-0.25, -0.2) is 0 Å². The number of carbonyl (C=O) groups excluding carboxylic acids is 1. The van der Waals surface area contributed by atoms with Gasteiger partial charge in [0.25, 0.3) is 11.6 Å². The Kier molecular flexibility index (Phi) is 5.71. The van der Waals surface area contributed by atoms with E-state index in [-0.39, 0.29) is 21.6 Å². The van der Waals surface area contributed by atoms with Gasteiger partial charge in [-0.05, 0) is 36.4 Å². The fourth-order valence-electron chi connectivity index (χ4n) is 2.37. The second kappa shape index (κ2) is 7.85. The molecule has 0 spiro atoms. The van der Waals surface area contributed by atoms with Crippen LogP contribution in [0.15, 0.2) is 41.3 Å². The van der Waals surface area contributed by atoms with Crippen molar-refractivity contribution < 1.29 is 14.5 Å². The third kappa shape index (κ3) is 3.93. The van der Waals surface area contributed by atoms with Crippen molar-refractivity contribution in [1.29, 1.82) is 0 Å². The Morgan fingerprint density at radius 1 is 1.22 bits per heavy atom. The summed E-state index contributed by atoms with van der Waals surface area (Å²) in [5, 5.41) is 11.2. The summed E-state index contributed by atoms with van der Waals surface area (Å²) in [6.07, 6.45) is 1.47. The van der Waals surface area contributed by atoms with Gasteiger partial charge in [0, 0.05) is 16.7 Å². The summed E-state index contributed by atoms with van der Waals surface area (Å²) in [4.78, 5) is 24.9. The number of thioether (sulfide) groups is 1. The fraction of sp³-hybridized carbons (Fsp3) is 0.0588. The lowest BCUT2D eigenvalue weighted by molar-refractivity contribution is -0.384. The number of nitro benzene ring substituents is 1. The van der Waals surface area contributed by atoms with Crippen molar-refractivity contribution in [3.63, 3.8) is 0 Å². The highest BCUT2D eigenvalue weighted by atomic mass is 35.5. The van der Waals surface area contributed by atoms with E-state index in [0.717, 1.165) is 11.8 Å². The topological polar surface area (TPSA) is 72.7 Å². The van der Waals surface area contributed by atoms with Crippen LogP contribution in [0.5, 0.6) is 5.75 Å². The first-order chi connectivity index (χ1) is 12.8. The van der Waals surface area contributed by atoms with Gasteiger partial charge >= 0.3 is 0 Å². The van der Waals surface area contributed by atoms with Crippen molar-refractivity contribution in [2.75, 3.05) is 12.0 Å². The summed E-state index contributed by atoms with van der Waals surface area (Å²) in [6, 6.07) is 9.37. The van der Waals surface area contributed by atoms with Gasteiger partial charge in [0.1, 0.15) is 10.8 Å². The summed E-state index contributed by atoms with van der Waals surface area (Å²) in [6.45, 7) is 0. The maximum Gasteiger partial charge on any atom is 0.288 e. The van der Waals surface area contributed by atoms with E-state index in [9.17, 15) is 14.9 Å². The van der Waals surface area contributed by atoms with Gasteiger partial charge < -0.3 is 4.74 Å². The summed E-state index contributed by atoms with van der Waals surface area (Å²) < 4.78 is 5.45. The molecule has 0 N–H and O–H groups in total. The van der Waals surface area contributed by atoms with E-state index in [2.05, 4.69) is 0 Å². The summed E-state index contributed by atoms with van der Waals surface area (Å²) in [7, 11) is 1.55. The van der Waals surface area contributed by atoms with Gasteiger partial charge in [0.05, 0.1) is 22.6 Å². The third-order valence-electron chi connectivity index (χ3n) is 3.67. The molecule has 27 heavy (non-hydrogen) atoms. The Morgan fingerprint density at radius 3 is 2.48 bits per heavy atom. The molecule has 1 fully saturated rings. The van der Waals surface area contributed by atoms with Crippen molar-refractivity contribution in [2.45, 2.75) is 0 Å². The molecule has 0 bridgehead atoms. The molecule has 0 saturated carbocycles. The van der Waals surface area contributed by atoms with Crippen LogP contribution in [0.25, 0.3) is 6.08 Å². The monoisotopic (exact) mass is 440 g/mol. The second-order valence-corrected chi connectivity index (χ2v) is 7.79. The fourth-order valence-corrected chi connectivity index (χ4v) is 4.16. The van der Waals surface area contributed by atoms with Gasteiger partial charge in [-0.15, -0.1) is 0 Å².